The third kappa shape index (κ3) is 4.14. The van der Waals surface area contributed by atoms with Crippen LogP contribution in [0.3, 0.4) is 0 Å². The minimum absolute atomic E-state index is 0.00296. The largest absolute Gasteiger partial charge is 0.486 e. The van der Waals surface area contributed by atoms with Crippen LogP contribution in [0.4, 0.5) is 18.3 Å². The fraction of sp³-hybridized carbons (Fsp3) is 0.235. The number of hydrogen-bond donors (Lipinski definition) is 1. The van der Waals surface area contributed by atoms with E-state index < -0.39 is 11.7 Å². The van der Waals surface area contributed by atoms with Crippen molar-refractivity contribution in [3.63, 3.8) is 0 Å². The molecule has 1 aromatic carbocycles. The number of thiazole rings is 1. The number of nitrogens with zero attached hydrogens (tertiary/aromatic N) is 2. The Hall–Kier alpha value is -2.53. The molecular weight excluding hydrogens is 415 g/mol. The zero-order valence-corrected chi connectivity index (χ0v) is 15.7. The standard InChI is InChI=1S/C17H12F3N3O3S2/c18-17(19,20)9-1-2-15(21-7-9)27-8-14(24)23-16-22-10-5-11-12(6-13(10)28-16)26-4-3-25-11/h1-2,5-7H,3-4,8H2,(H,22,23,24). The van der Waals surface area contributed by atoms with E-state index in [2.05, 4.69) is 15.3 Å². The summed E-state index contributed by atoms with van der Waals surface area (Å²) in [6.07, 6.45) is -3.69. The first-order chi connectivity index (χ1) is 13.4. The van der Waals surface area contributed by atoms with Gasteiger partial charge in [0, 0.05) is 18.3 Å². The van der Waals surface area contributed by atoms with Gasteiger partial charge in [0.1, 0.15) is 13.2 Å². The number of nitrogens with one attached hydrogen (secondary N) is 1. The van der Waals surface area contributed by atoms with E-state index in [0.717, 1.165) is 28.7 Å². The number of ether oxygens (including phenoxy) is 2. The van der Waals surface area contributed by atoms with E-state index in [0.29, 0.717) is 40.4 Å². The molecule has 11 heteroatoms. The lowest BCUT2D eigenvalue weighted by Gasteiger charge is -2.17. The van der Waals surface area contributed by atoms with Crippen LogP contribution in [0.1, 0.15) is 5.56 Å². The number of benzene rings is 1. The molecule has 0 saturated carbocycles. The van der Waals surface area contributed by atoms with Gasteiger partial charge in [0.15, 0.2) is 16.6 Å². The number of anilines is 1. The Labute approximate surface area is 165 Å². The van der Waals surface area contributed by atoms with E-state index in [1.807, 2.05) is 6.07 Å². The van der Waals surface area contributed by atoms with Crippen LogP contribution < -0.4 is 14.8 Å². The number of pyridine rings is 1. The number of rotatable bonds is 4. The molecule has 28 heavy (non-hydrogen) atoms. The van der Waals surface area contributed by atoms with Gasteiger partial charge in [-0.25, -0.2) is 9.97 Å². The quantitative estimate of drug-likeness (QED) is 0.629. The molecule has 4 rings (SSSR count). The van der Waals surface area contributed by atoms with Crippen LogP contribution in [0.5, 0.6) is 11.5 Å². The summed E-state index contributed by atoms with van der Waals surface area (Å²) in [5.41, 5.74) is -0.145. The highest BCUT2D eigenvalue weighted by Gasteiger charge is 2.30. The number of alkyl halides is 3. The molecule has 0 saturated heterocycles. The minimum atomic E-state index is -4.43. The fourth-order valence-corrected chi connectivity index (χ4v) is 3.98. The molecule has 0 fully saturated rings. The first-order valence-corrected chi connectivity index (χ1v) is 9.85. The Morgan fingerprint density at radius 1 is 1.21 bits per heavy atom. The van der Waals surface area contributed by atoms with Crippen LogP contribution >= 0.6 is 23.1 Å². The molecule has 146 valence electrons. The molecule has 3 aromatic rings. The highest BCUT2D eigenvalue weighted by atomic mass is 32.2. The van der Waals surface area contributed by atoms with Crippen molar-refractivity contribution < 1.29 is 27.4 Å². The van der Waals surface area contributed by atoms with E-state index in [1.54, 1.807) is 6.07 Å². The number of hydrogen-bond acceptors (Lipinski definition) is 7. The van der Waals surface area contributed by atoms with E-state index in [-0.39, 0.29) is 11.7 Å². The molecular formula is C17H12F3N3O3S2. The molecule has 0 atom stereocenters. The second-order valence-corrected chi connectivity index (χ2v) is 7.73. The third-order valence-corrected chi connectivity index (χ3v) is 5.59. The van der Waals surface area contributed by atoms with Crippen molar-refractivity contribution in [2.45, 2.75) is 11.2 Å². The van der Waals surface area contributed by atoms with Crippen LogP contribution in [0.15, 0.2) is 35.5 Å². The molecule has 1 amide bonds. The van der Waals surface area contributed by atoms with Crippen molar-refractivity contribution in [2.75, 3.05) is 24.3 Å². The maximum absolute atomic E-state index is 12.5. The average molecular weight is 427 g/mol. The van der Waals surface area contributed by atoms with Gasteiger partial charge >= 0.3 is 6.18 Å². The van der Waals surface area contributed by atoms with Crippen LogP contribution in [0.25, 0.3) is 10.2 Å². The molecule has 0 unspecified atom stereocenters. The second kappa shape index (κ2) is 7.47. The van der Waals surface area contributed by atoms with Crippen LogP contribution in [0, 0.1) is 0 Å². The van der Waals surface area contributed by atoms with Crippen molar-refractivity contribution in [2.24, 2.45) is 0 Å². The van der Waals surface area contributed by atoms with E-state index in [1.165, 1.54) is 17.4 Å². The topological polar surface area (TPSA) is 73.3 Å². The Bertz CT molecular complexity index is 979. The summed E-state index contributed by atoms with van der Waals surface area (Å²) in [5, 5.41) is 3.43. The maximum Gasteiger partial charge on any atom is 0.417 e. The van der Waals surface area contributed by atoms with Gasteiger partial charge in [0.2, 0.25) is 5.91 Å². The zero-order chi connectivity index (χ0) is 19.7. The number of halogens is 3. The smallest absolute Gasteiger partial charge is 0.417 e. The molecule has 0 radical (unpaired) electrons. The molecule has 2 aromatic heterocycles. The molecule has 0 spiro atoms. The second-order valence-electron chi connectivity index (χ2n) is 5.70. The highest BCUT2D eigenvalue weighted by molar-refractivity contribution is 7.99. The van der Waals surface area contributed by atoms with Crippen LogP contribution in [-0.2, 0) is 11.0 Å². The van der Waals surface area contributed by atoms with Gasteiger partial charge < -0.3 is 14.8 Å². The van der Waals surface area contributed by atoms with Gasteiger partial charge in [-0.3, -0.25) is 4.79 Å². The molecule has 0 bridgehead atoms. The van der Waals surface area contributed by atoms with E-state index in [4.69, 9.17) is 9.47 Å². The highest BCUT2D eigenvalue weighted by Crippen LogP contribution is 2.38. The first-order valence-electron chi connectivity index (χ1n) is 8.04. The molecule has 6 nitrogen and oxygen atoms in total. The normalized spacial score (nSPS) is 13.5. The SMILES string of the molecule is O=C(CSc1ccc(C(F)(F)F)cn1)Nc1nc2cc3c(cc2s1)OCCO3. The maximum atomic E-state index is 12.5. The predicted octanol–water partition coefficient (Wildman–Crippen LogP) is 4.21. The zero-order valence-electron chi connectivity index (χ0n) is 14.1. The van der Waals surface area contributed by atoms with Crippen molar-refractivity contribution in [3.05, 3.63) is 36.0 Å². The predicted molar refractivity (Wildman–Crippen MR) is 99.2 cm³/mol. The molecule has 1 N–H and O–H groups in total. The minimum Gasteiger partial charge on any atom is -0.486 e. The van der Waals surface area contributed by atoms with Gasteiger partial charge in [-0.1, -0.05) is 23.1 Å². The first kappa shape index (κ1) is 18.8. The Balaban J connectivity index is 1.38. The summed E-state index contributed by atoms with van der Waals surface area (Å²) in [7, 11) is 0. The lowest BCUT2D eigenvalue weighted by Crippen LogP contribution is -2.15. The van der Waals surface area contributed by atoms with Crippen molar-refractivity contribution in [1.29, 1.82) is 0 Å². The van der Waals surface area contributed by atoms with E-state index >= 15 is 0 Å². The van der Waals surface area contributed by atoms with Gasteiger partial charge in [0.25, 0.3) is 0 Å². The summed E-state index contributed by atoms with van der Waals surface area (Å²) in [6.45, 7) is 0.956. The van der Waals surface area contributed by atoms with Gasteiger partial charge in [0.05, 0.1) is 26.6 Å². The lowest BCUT2D eigenvalue weighted by atomic mass is 10.3. The summed E-state index contributed by atoms with van der Waals surface area (Å²) in [5.74, 6) is 0.926. The van der Waals surface area contributed by atoms with Gasteiger partial charge in [-0.05, 0) is 12.1 Å². The van der Waals surface area contributed by atoms with Crippen molar-refractivity contribution in [1.82, 2.24) is 9.97 Å². The molecule has 0 aliphatic carbocycles. The summed E-state index contributed by atoms with van der Waals surface area (Å²) in [4.78, 5) is 20.2. The Kier molecular flexibility index (Phi) is 5.02. The summed E-state index contributed by atoms with van der Waals surface area (Å²) in [6, 6.07) is 5.75. The van der Waals surface area contributed by atoms with Gasteiger partial charge in [-0.2, -0.15) is 13.2 Å². The number of thioether (sulfide) groups is 1. The molecule has 1 aliphatic rings. The number of amides is 1. The fourth-order valence-electron chi connectivity index (χ4n) is 2.45. The Morgan fingerprint density at radius 3 is 2.64 bits per heavy atom. The van der Waals surface area contributed by atoms with Gasteiger partial charge in [-0.15, -0.1) is 0 Å². The molecule has 1 aliphatic heterocycles. The number of aromatic nitrogens is 2. The van der Waals surface area contributed by atoms with Crippen LogP contribution in [-0.4, -0.2) is 34.8 Å². The third-order valence-electron chi connectivity index (χ3n) is 3.71. The van der Waals surface area contributed by atoms with Crippen LogP contribution in [0.2, 0.25) is 0 Å². The Morgan fingerprint density at radius 2 is 1.96 bits per heavy atom. The van der Waals surface area contributed by atoms with Crippen molar-refractivity contribution in [3.8, 4) is 11.5 Å². The number of carbonyl (C=O) groups excluding carboxylic acids is 1. The number of carbonyl (C=O) groups is 1. The average Bonchev–Trinajstić information content (AvgIpc) is 3.05. The summed E-state index contributed by atoms with van der Waals surface area (Å²) < 4.78 is 49.5. The van der Waals surface area contributed by atoms with Crippen molar-refractivity contribution >= 4 is 44.4 Å². The summed E-state index contributed by atoms with van der Waals surface area (Å²) >= 11 is 2.34. The number of fused-ring (bicyclic) bond motifs is 2. The molecule has 3 heterocycles. The monoisotopic (exact) mass is 427 g/mol. The van der Waals surface area contributed by atoms with E-state index in [9.17, 15) is 18.0 Å². The lowest BCUT2D eigenvalue weighted by molar-refractivity contribution is -0.137.